The van der Waals surface area contributed by atoms with Crippen LogP contribution in [0.5, 0.6) is 0 Å². The molecule has 4 nitrogen and oxygen atoms in total. The van der Waals surface area contributed by atoms with Gasteiger partial charge in [0.1, 0.15) is 18.1 Å². The molecular weight excluding hydrogens is 466 g/mol. The summed E-state index contributed by atoms with van der Waals surface area (Å²) >= 11 is 1.13. The molecule has 34 heavy (non-hydrogen) atoms. The molecule has 2 bridgehead atoms. The molecule has 0 amide bonds. The van der Waals surface area contributed by atoms with Crippen LogP contribution in [0.25, 0.3) is 22.6 Å². The van der Waals surface area contributed by atoms with E-state index in [1.165, 1.54) is 27.6 Å². The van der Waals surface area contributed by atoms with E-state index in [1.54, 1.807) is 12.1 Å². The fourth-order valence-corrected chi connectivity index (χ4v) is 7.09. The van der Waals surface area contributed by atoms with Crippen molar-refractivity contribution in [2.24, 2.45) is 11.8 Å². The first-order valence-corrected chi connectivity index (χ1v) is 12.2. The van der Waals surface area contributed by atoms with Crippen molar-refractivity contribution >= 4 is 12.1 Å². The van der Waals surface area contributed by atoms with E-state index in [4.69, 9.17) is 4.52 Å². The number of alkyl halides is 3. The second-order valence-electron chi connectivity index (χ2n) is 9.59. The zero-order valence-corrected chi connectivity index (χ0v) is 19.1. The molecule has 1 saturated carbocycles. The minimum atomic E-state index is -4.20. The first kappa shape index (κ1) is 22.1. The normalized spacial score (nSPS) is 26.7. The van der Waals surface area contributed by atoms with E-state index >= 15 is 0 Å². The maximum Gasteiger partial charge on any atom is 0.402 e. The van der Waals surface area contributed by atoms with Crippen molar-refractivity contribution in [2.45, 2.75) is 37.4 Å². The van der Waals surface area contributed by atoms with Gasteiger partial charge in [-0.2, -0.15) is 13.2 Å². The molecule has 1 saturated heterocycles. The van der Waals surface area contributed by atoms with Crippen LogP contribution in [0.3, 0.4) is 0 Å². The summed E-state index contributed by atoms with van der Waals surface area (Å²) in [6.07, 6.45) is -0.467. The van der Waals surface area contributed by atoms with Crippen molar-refractivity contribution in [3.63, 3.8) is 0 Å². The topological polar surface area (TPSA) is 41.3 Å². The van der Waals surface area contributed by atoms with Gasteiger partial charge in [-0.05, 0) is 79.0 Å². The molecule has 3 aliphatic rings. The lowest BCUT2D eigenvalue weighted by molar-refractivity contribution is -0.135. The number of fused-ring (bicyclic) bond motifs is 1. The third-order valence-corrected chi connectivity index (χ3v) is 8.54. The number of hydrogen-bond acceptors (Lipinski definition) is 5. The van der Waals surface area contributed by atoms with E-state index in [0.29, 0.717) is 23.9 Å². The van der Waals surface area contributed by atoms with Gasteiger partial charge >= 0.3 is 6.18 Å². The highest BCUT2D eigenvalue weighted by molar-refractivity contribution is 7.95. The van der Waals surface area contributed by atoms with Gasteiger partial charge in [0.25, 0.3) is 0 Å². The van der Waals surface area contributed by atoms with Gasteiger partial charge in [-0.1, -0.05) is 17.3 Å². The van der Waals surface area contributed by atoms with Crippen molar-refractivity contribution in [3.05, 3.63) is 65.5 Å². The Morgan fingerprint density at radius 1 is 1.00 bits per heavy atom. The predicted octanol–water partition coefficient (Wildman–Crippen LogP) is 6.04. The van der Waals surface area contributed by atoms with Crippen LogP contribution in [-0.2, 0) is 12.8 Å². The predicted molar refractivity (Wildman–Crippen MR) is 122 cm³/mol. The van der Waals surface area contributed by atoms with Crippen molar-refractivity contribution in [1.29, 1.82) is 0 Å². The van der Waals surface area contributed by atoms with E-state index in [1.807, 2.05) is 12.1 Å². The second kappa shape index (κ2) is 8.10. The summed E-state index contributed by atoms with van der Waals surface area (Å²) in [5, 5.41) is 4.22. The standard InChI is InChI=1S/C25H23F4N3OS/c26-21-7-3-15(4-8-21)23-12-22(30-33-23)17-2-1-16-10-19-5-6-20(11-18(16)9-17)24(19)13-32(34-31-24)14-25(27,28)29/h1-4,7-9,12,19-20,31H,5-6,10-11,13-14H2/t19-,20+,24+/m0/s1. The van der Waals surface area contributed by atoms with E-state index in [-0.39, 0.29) is 17.3 Å². The molecule has 0 unspecified atom stereocenters. The molecule has 9 heteroatoms. The van der Waals surface area contributed by atoms with Crippen molar-refractivity contribution in [1.82, 2.24) is 14.2 Å². The van der Waals surface area contributed by atoms with Crippen LogP contribution < -0.4 is 4.72 Å². The van der Waals surface area contributed by atoms with Crippen LogP contribution >= 0.6 is 12.1 Å². The molecule has 3 aromatic rings. The minimum Gasteiger partial charge on any atom is -0.356 e. The number of hydrogen-bond donors (Lipinski definition) is 1. The van der Waals surface area contributed by atoms with Crippen LogP contribution in [0.15, 0.2) is 53.1 Å². The average molecular weight is 490 g/mol. The molecule has 2 fully saturated rings. The number of halogens is 4. The van der Waals surface area contributed by atoms with Gasteiger partial charge in [-0.25, -0.2) is 13.4 Å². The molecule has 0 radical (unpaired) electrons. The summed E-state index contributed by atoms with van der Waals surface area (Å²) in [5.41, 5.74) is 4.60. The number of rotatable bonds is 3. The third-order valence-electron chi connectivity index (χ3n) is 7.55. The Labute approximate surface area is 199 Å². The summed E-state index contributed by atoms with van der Waals surface area (Å²) in [6.45, 7) is -0.483. The van der Waals surface area contributed by atoms with Crippen LogP contribution in [0.1, 0.15) is 24.0 Å². The summed E-state index contributed by atoms with van der Waals surface area (Å²) in [6, 6.07) is 14.2. The van der Waals surface area contributed by atoms with Gasteiger partial charge in [-0.3, -0.25) is 0 Å². The van der Waals surface area contributed by atoms with Crippen molar-refractivity contribution in [3.8, 4) is 22.6 Å². The number of benzene rings is 2. The quantitative estimate of drug-likeness (QED) is 0.359. The van der Waals surface area contributed by atoms with Crippen LogP contribution in [0, 0.1) is 17.7 Å². The van der Waals surface area contributed by atoms with Crippen molar-refractivity contribution in [2.75, 3.05) is 13.1 Å². The molecular formula is C25H23F4N3OS. The summed E-state index contributed by atoms with van der Waals surface area (Å²) in [5.74, 6) is 0.858. The molecule has 2 heterocycles. The minimum absolute atomic E-state index is 0.284. The lowest BCUT2D eigenvalue weighted by Gasteiger charge is -2.34. The monoisotopic (exact) mass is 489 g/mol. The Hall–Kier alpha value is -2.36. The van der Waals surface area contributed by atoms with Gasteiger partial charge in [0, 0.05) is 41.4 Å². The zero-order valence-electron chi connectivity index (χ0n) is 18.2. The molecule has 6 rings (SSSR count). The highest BCUT2D eigenvalue weighted by Gasteiger charge is 2.56. The number of nitrogens with one attached hydrogen (secondary N) is 1. The average Bonchev–Trinajstić information content (AvgIpc) is 3.47. The van der Waals surface area contributed by atoms with Crippen molar-refractivity contribution < 1.29 is 22.1 Å². The second-order valence-corrected chi connectivity index (χ2v) is 10.5. The maximum atomic E-state index is 13.2. The van der Waals surface area contributed by atoms with E-state index < -0.39 is 12.7 Å². The molecule has 2 aliphatic carbocycles. The fourth-order valence-electron chi connectivity index (χ4n) is 5.90. The molecule has 2 aromatic carbocycles. The van der Waals surface area contributed by atoms with Crippen LogP contribution in [-0.4, -0.2) is 34.3 Å². The number of nitrogens with zero attached hydrogens (tertiary/aromatic N) is 2. The SMILES string of the molecule is Fc1ccc(-c2cc(-c3ccc4c(c3)C[C@H]3CC[C@@H](C4)[C@]34CN(CC(F)(F)F)SN4)no2)cc1. The summed E-state index contributed by atoms with van der Waals surface area (Å²) in [4.78, 5) is 0. The first-order chi connectivity index (χ1) is 16.3. The first-order valence-electron chi connectivity index (χ1n) is 11.4. The highest BCUT2D eigenvalue weighted by atomic mass is 32.2. The molecule has 178 valence electrons. The highest BCUT2D eigenvalue weighted by Crippen LogP contribution is 2.52. The lowest BCUT2D eigenvalue weighted by Crippen LogP contribution is -2.51. The molecule has 1 aromatic heterocycles. The van der Waals surface area contributed by atoms with E-state index in [0.717, 1.165) is 48.9 Å². The smallest absolute Gasteiger partial charge is 0.356 e. The Balaban J connectivity index is 1.25. The maximum absolute atomic E-state index is 13.2. The van der Waals surface area contributed by atoms with E-state index in [9.17, 15) is 17.6 Å². The Morgan fingerprint density at radius 3 is 2.44 bits per heavy atom. The Kier molecular flexibility index (Phi) is 5.27. The van der Waals surface area contributed by atoms with Gasteiger partial charge in [0.05, 0.1) is 0 Å². The Bertz CT molecular complexity index is 1210. The summed E-state index contributed by atoms with van der Waals surface area (Å²) < 4.78 is 62.6. The Morgan fingerprint density at radius 2 is 1.71 bits per heavy atom. The summed E-state index contributed by atoms with van der Waals surface area (Å²) in [7, 11) is 0. The van der Waals surface area contributed by atoms with Gasteiger partial charge in [0.2, 0.25) is 0 Å². The number of aromatic nitrogens is 1. The molecule has 1 N–H and O–H groups in total. The molecule has 3 atom stereocenters. The van der Waals surface area contributed by atoms with Gasteiger partial charge < -0.3 is 4.52 Å². The fraction of sp³-hybridized carbons (Fsp3) is 0.400. The lowest BCUT2D eigenvalue weighted by atomic mass is 9.79. The largest absolute Gasteiger partial charge is 0.402 e. The zero-order chi connectivity index (χ0) is 23.5. The molecule has 1 spiro atoms. The van der Waals surface area contributed by atoms with Crippen LogP contribution in [0.2, 0.25) is 0 Å². The molecule has 1 aliphatic heterocycles. The van der Waals surface area contributed by atoms with E-state index in [2.05, 4.69) is 22.0 Å². The van der Waals surface area contributed by atoms with Gasteiger partial charge in [0.15, 0.2) is 5.76 Å². The van der Waals surface area contributed by atoms with Gasteiger partial charge in [-0.15, -0.1) is 0 Å². The van der Waals surface area contributed by atoms with Crippen LogP contribution in [0.4, 0.5) is 17.6 Å². The third kappa shape index (κ3) is 3.93.